The molecule has 2 aromatic carbocycles. The molecule has 0 aliphatic rings. The average molecular weight is 396 g/mol. The van der Waals surface area contributed by atoms with Crippen molar-refractivity contribution in [2.75, 3.05) is 12.8 Å². The Bertz CT molecular complexity index is 870. The van der Waals surface area contributed by atoms with Gasteiger partial charge in [0, 0.05) is 0 Å². The van der Waals surface area contributed by atoms with E-state index >= 15 is 0 Å². The minimum atomic E-state index is -4.00. The van der Waals surface area contributed by atoms with E-state index in [0.29, 0.717) is 17.3 Å². The molecule has 2 aromatic rings. The van der Waals surface area contributed by atoms with Crippen LogP contribution in [-0.4, -0.2) is 21.2 Å². The van der Waals surface area contributed by atoms with Crippen LogP contribution in [0.5, 0.6) is 0 Å². The van der Waals surface area contributed by atoms with Crippen molar-refractivity contribution in [1.82, 2.24) is 0 Å². The second-order valence-electron chi connectivity index (χ2n) is 7.45. The molecule has 144 valence electrons. The van der Waals surface area contributed by atoms with Crippen molar-refractivity contribution in [3.05, 3.63) is 59.2 Å². The number of unbranched alkanes of at least 4 members (excludes halogenated alkanes) is 1. The predicted octanol–water partition coefficient (Wildman–Crippen LogP) is 4.41. The second kappa shape index (κ2) is 7.40. The number of rotatable bonds is 7. The molecule has 0 saturated heterocycles. The van der Waals surface area contributed by atoms with Crippen LogP contribution in [0.1, 0.15) is 36.5 Å². The van der Waals surface area contributed by atoms with Gasteiger partial charge in [0.25, 0.3) is 0 Å². The van der Waals surface area contributed by atoms with Gasteiger partial charge < -0.3 is 0 Å². The van der Waals surface area contributed by atoms with Crippen LogP contribution in [0.4, 0.5) is 0 Å². The summed E-state index contributed by atoms with van der Waals surface area (Å²) >= 11 is 0. The summed E-state index contributed by atoms with van der Waals surface area (Å²) in [7, 11) is -4.00. The molecule has 26 heavy (non-hydrogen) atoms. The first-order valence-electron chi connectivity index (χ1n) is 8.90. The van der Waals surface area contributed by atoms with Crippen LogP contribution < -0.4 is 10.8 Å². The number of benzene rings is 2. The normalized spacial score (nSPS) is 14.0. The minimum absolute atomic E-state index is 0.233. The first kappa shape index (κ1) is 21.0. The van der Waals surface area contributed by atoms with E-state index in [9.17, 15) is 8.42 Å². The summed E-state index contributed by atoms with van der Waals surface area (Å²) in [5.74, 6) is 0. The fourth-order valence-electron chi connectivity index (χ4n) is 3.46. The second-order valence-corrected chi connectivity index (χ2v) is 13.9. The molecule has 0 radical (unpaired) electrons. The van der Waals surface area contributed by atoms with Gasteiger partial charge >= 0.3 is 158 Å². The van der Waals surface area contributed by atoms with Crippen molar-refractivity contribution < 1.29 is 12.4 Å². The fourth-order valence-corrected chi connectivity index (χ4v) is 9.83. The molecule has 0 bridgehead atoms. The van der Waals surface area contributed by atoms with E-state index in [0.717, 1.165) is 23.7 Å². The van der Waals surface area contributed by atoms with Gasteiger partial charge in [-0.25, -0.2) is 0 Å². The van der Waals surface area contributed by atoms with E-state index < -0.39 is 17.1 Å². The molecule has 2 rings (SSSR count). The van der Waals surface area contributed by atoms with Gasteiger partial charge in [-0.1, -0.05) is 0 Å². The van der Waals surface area contributed by atoms with Gasteiger partial charge in [0.1, 0.15) is 0 Å². The number of hydrogen-bond donors (Lipinski definition) is 1. The summed E-state index contributed by atoms with van der Waals surface area (Å²) in [4.78, 5) is 0.233. The van der Waals surface area contributed by atoms with E-state index in [1.807, 2.05) is 49.4 Å². The third-order valence-electron chi connectivity index (χ3n) is 4.68. The van der Waals surface area contributed by atoms with E-state index in [1.54, 1.807) is 20.5 Å². The van der Waals surface area contributed by atoms with E-state index in [4.69, 9.17) is 9.47 Å². The molecule has 0 heterocycles. The standard InChI is InChI=1S/C20H30NO3PS/c1-6-7-13-25(5,21,19-11-9-8-10-12-19)24-26(22,23)20-17(3)14-16(2)15-18(20)4/h8-12,14-15H,6-7,13,21H2,1-5H3. The monoisotopic (exact) mass is 395 g/mol. The Labute approximate surface area is 158 Å². The molecule has 0 aliphatic heterocycles. The Kier molecular flexibility index (Phi) is 5.99. The number of nitrogens with two attached hydrogens (primary N) is 1. The van der Waals surface area contributed by atoms with Crippen molar-refractivity contribution in [2.45, 2.75) is 45.4 Å². The van der Waals surface area contributed by atoms with Crippen molar-refractivity contribution >= 4 is 22.4 Å². The van der Waals surface area contributed by atoms with Crippen LogP contribution in [0.2, 0.25) is 0 Å². The van der Waals surface area contributed by atoms with Crippen LogP contribution in [0.3, 0.4) is 0 Å². The molecule has 0 amide bonds. The maximum atomic E-state index is 13.3. The summed E-state index contributed by atoms with van der Waals surface area (Å²) in [5, 5.41) is 0.776. The van der Waals surface area contributed by atoms with E-state index in [2.05, 4.69) is 6.92 Å². The van der Waals surface area contributed by atoms with Crippen LogP contribution >= 0.6 is 6.98 Å². The zero-order valence-electron chi connectivity index (χ0n) is 16.3. The van der Waals surface area contributed by atoms with Crippen molar-refractivity contribution in [3.8, 4) is 0 Å². The fraction of sp³-hybridized carbons (Fsp3) is 0.400. The Morgan fingerprint density at radius 3 is 2.08 bits per heavy atom. The SMILES string of the molecule is CCCCP(C)(N)(OS(=O)(=O)c1c(C)cc(C)cc1C)c1ccccc1. The van der Waals surface area contributed by atoms with Gasteiger partial charge in [0.05, 0.1) is 0 Å². The summed E-state index contributed by atoms with van der Waals surface area (Å²) in [6, 6.07) is 13.1. The average Bonchev–Trinajstić information content (AvgIpc) is 2.52. The third kappa shape index (κ3) is 4.34. The van der Waals surface area contributed by atoms with Crippen LogP contribution in [0.15, 0.2) is 47.4 Å². The Morgan fingerprint density at radius 2 is 1.58 bits per heavy atom. The Balaban J connectivity index is 2.59. The first-order chi connectivity index (χ1) is 12.0. The maximum absolute atomic E-state index is 13.3. The van der Waals surface area contributed by atoms with Gasteiger partial charge in [-0.05, 0) is 0 Å². The molecule has 2 N–H and O–H groups in total. The number of aryl methyl sites for hydroxylation is 3. The summed E-state index contributed by atoms with van der Waals surface area (Å²) in [6.45, 7) is 5.80. The van der Waals surface area contributed by atoms with Gasteiger partial charge in [0.2, 0.25) is 0 Å². The van der Waals surface area contributed by atoms with E-state index in [1.165, 1.54) is 0 Å². The molecular weight excluding hydrogens is 365 g/mol. The Hall–Kier alpha value is -1.26. The quantitative estimate of drug-likeness (QED) is 0.705. The number of hydrogen-bond acceptors (Lipinski definition) is 4. The van der Waals surface area contributed by atoms with Gasteiger partial charge in [-0.15, -0.1) is 0 Å². The molecule has 0 saturated carbocycles. The molecule has 0 unspecified atom stereocenters. The van der Waals surface area contributed by atoms with E-state index in [-0.39, 0.29) is 4.90 Å². The topological polar surface area (TPSA) is 69.4 Å². The molecule has 0 fully saturated rings. The summed E-state index contributed by atoms with van der Waals surface area (Å²) in [6.07, 6.45) is 2.25. The van der Waals surface area contributed by atoms with Crippen LogP contribution in [0, 0.1) is 20.8 Å². The van der Waals surface area contributed by atoms with Crippen molar-refractivity contribution in [3.63, 3.8) is 0 Å². The molecule has 0 aliphatic carbocycles. The zero-order chi connectivity index (χ0) is 19.6. The van der Waals surface area contributed by atoms with Crippen molar-refractivity contribution in [1.29, 1.82) is 0 Å². The molecule has 6 heteroatoms. The van der Waals surface area contributed by atoms with Crippen LogP contribution in [0.25, 0.3) is 0 Å². The molecule has 0 aromatic heterocycles. The van der Waals surface area contributed by atoms with Gasteiger partial charge in [-0.2, -0.15) is 0 Å². The first-order valence-corrected chi connectivity index (χ1v) is 13.2. The molecule has 0 atom stereocenters. The summed E-state index contributed by atoms with van der Waals surface area (Å²) < 4.78 is 32.5. The summed E-state index contributed by atoms with van der Waals surface area (Å²) in [5.41, 5.74) is 9.22. The van der Waals surface area contributed by atoms with Gasteiger partial charge in [-0.3, -0.25) is 0 Å². The molecule has 0 spiro atoms. The molecular formula is C20H30NO3PS. The third-order valence-corrected chi connectivity index (χ3v) is 11.4. The van der Waals surface area contributed by atoms with Gasteiger partial charge in [0.15, 0.2) is 0 Å². The predicted molar refractivity (Wildman–Crippen MR) is 112 cm³/mol. The van der Waals surface area contributed by atoms with Crippen molar-refractivity contribution in [2.24, 2.45) is 5.50 Å². The Morgan fingerprint density at radius 1 is 1.04 bits per heavy atom. The zero-order valence-corrected chi connectivity index (χ0v) is 18.0. The van der Waals surface area contributed by atoms with Crippen LogP contribution in [-0.2, 0) is 14.1 Å². The molecule has 4 nitrogen and oxygen atoms in total.